The highest BCUT2D eigenvalue weighted by molar-refractivity contribution is 5.89. The summed E-state index contributed by atoms with van der Waals surface area (Å²) >= 11 is 0. The molecule has 0 bridgehead atoms. The Bertz CT molecular complexity index is 659. The first-order valence-corrected chi connectivity index (χ1v) is 7.47. The number of hydrogen-bond donors (Lipinski definition) is 1. The Balaban J connectivity index is 1.99. The number of fused-ring (bicyclic) bond motifs is 1. The standard InChI is InChI=1S/C14H20N6O/c1-3-12(21)15-14-17-16-13-10(2)9-11(18-20(13)14)19-7-5-4-6-8-19/h9H,3-8H2,1-2H3,(H,15,17,21). The number of aryl methyl sites for hydroxylation is 1. The monoisotopic (exact) mass is 288 g/mol. The van der Waals surface area contributed by atoms with Gasteiger partial charge in [-0.25, -0.2) is 0 Å². The number of nitrogens with one attached hydrogen (secondary N) is 1. The zero-order valence-corrected chi connectivity index (χ0v) is 12.5. The van der Waals surface area contributed by atoms with Crippen molar-refractivity contribution in [3.05, 3.63) is 11.6 Å². The predicted molar refractivity (Wildman–Crippen MR) is 80.5 cm³/mol. The zero-order valence-electron chi connectivity index (χ0n) is 12.5. The van der Waals surface area contributed by atoms with Crippen molar-refractivity contribution >= 4 is 23.3 Å². The summed E-state index contributed by atoms with van der Waals surface area (Å²) in [7, 11) is 0. The highest BCUT2D eigenvalue weighted by Crippen LogP contribution is 2.21. The van der Waals surface area contributed by atoms with E-state index in [0.29, 0.717) is 18.0 Å². The van der Waals surface area contributed by atoms with Crippen LogP contribution in [0.5, 0.6) is 0 Å². The van der Waals surface area contributed by atoms with Crippen LogP contribution in [0, 0.1) is 6.92 Å². The first kappa shape index (κ1) is 13.8. The number of amides is 1. The van der Waals surface area contributed by atoms with Crippen LogP contribution in [0.1, 0.15) is 38.2 Å². The average molecular weight is 288 g/mol. The number of rotatable bonds is 3. The van der Waals surface area contributed by atoms with E-state index in [1.54, 1.807) is 11.4 Å². The van der Waals surface area contributed by atoms with Crippen LogP contribution in [0.4, 0.5) is 11.8 Å². The van der Waals surface area contributed by atoms with Crippen LogP contribution in [-0.2, 0) is 4.79 Å². The number of nitrogens with zero attached hydrogens (tertiary/aromatic N) is 5. The van der Waals surface area contributed by atoms with E-state index in [-0.39, 0.29) is 5.91 Å². The Morgan fingerprint density at radius 3 is 2.76 bits per heavy atom. The number of carbonyl (C=O) groups excluding carboxylic acids is 1. The van der Waals surface area contributed by atoms with Crippen LogP contribution >= 0.6 is 0 Å². The lowest BCUT2D eigenvalue weighted by Gasteiger charge is -2.27. The highest BCUT2D eigenvalue weighted by atomic mass is 16.1. The van der Waals surface area contributed by atoms with E-state index in [4.69, 9.17) is 0 Å². The predicted octanol–water partition coefficient (Wildman–Crippen LogP) is 1.77. The van der Waals surface area contributed by atoms with E-state index in [0.717, 1.165) is 24.5 Å². The van der Waals surface area contributed by atoms with Crippen molar-refractivity contribution in [1.82, 2.24) is 19.8 Å². The van der Waals surface area contributed by atoms with Gasteiger partial charge in [-0.15, -0.1) is 15.3 Å². The third-order valence-corrected chi connectivity index (χ3v) is 3.79. The largest absolute Gasteiger partial charge is 0.355 e. The maximum Gasteiger partial charge on any atom is 0.252 e. The van der Waals surface area contributed by atoms with Gasteiger partial charge >= 0.3 is 0 Å². The van der Waals surface area contributed by atoms with Crippen molar-refractivity contribution in [1.29, 1.82) is 0 Å². The molecule has 2 aromatic heterocycles. The summed E-state index contributed by atoms with van der Waals surface area (Å²) < 4.78 is 1.63. The van der Waals surface area contributed by atoms with Crippen molar-refractivity contribution in [2.24, 2.45) is 0 Å². The Morgan fingerprint density at radius 1 is 1.29 bits per heavy atom. The van der Waals surface area contributed by atoms with E-state index in [1.807, 2.05) is 13.0 Å². The van der Waals surface area contributed by atoms with Gasteiger partial charge in [0.1, 0.15) is 5.82 Å². The molecule has 3 rings (SSSR count). The molecule has 0 unspecified atom stereocenters. The van der Waals surface area contributed by atoms with E-state index >= 15 is 0 Å². The summed E-state index contributed by atoms with van der Waals surface area (Å²) in [4.78, 5) is 13.8. The van der Waals surface area contributed by atoms with Gasteiger partial charge in [0.2, 0.25) is 5.91 Å². The molecule has 0 saturated carbocycles. The van der Waals surface area contributed by atoms with Crippen LogP contribution in [0.2, 0.25) is 0 Å². The minimum Gasteiger partial charge on any atom is -0.355 e. The number of piperidine rings is 1. The average Bonchev–Trinajstić information content (AvgIpc) is 2.91. The third kappa shape index (κ3) is 2.68. The first-order valence-electron chi connectivity index (χ1n) is 7.47. The molecule has 1 aliphatic heterocycles. The summed E-state index contributed by atoms with van der Waals surface area (Å²) in [6.45, 7) is 5.84. The Labute approximate surface area is 123 Å². The second kappa shape index (κ2) is 5.67. The summed E-state index contributed by atoms with van der Waals surface area (Å²) in [6.07, 6.45) is 4.07. The molecular formula is C14H20N6O. The lowest BCUT2D eigenvalue weighted by Crippen LogP contribution is -2.30. The molecule has 0 atom stereocenters. The van der Waals surface area contributed by atoms with Crippen molar-refractivity contribution in [2.75, 3.05) is 23.3 Å². The third-order valence-electron chi connectivity index (χ3n) is 3.79. The summed E-state index contributed by atoms with van der Waals surface area (Å²) in [5.74, 6) is 1.22. The molecule has 1 aliphatic rings. The van der Waals surface area contributed by atoms with E-state index in [9.17, 15) is 4.79 Å². The first-order chi connectivity index (χ1) is 10.2. The normalized spacial score (nSPS) is 15.4. The van der Waals surface area contributed by atoms with Crippen LogP contribution < -0.4 is 10.2 Å². The minimum absolute atomic E-state index is 0.0906. The number of carbonyl (C=O) groups is 1. The van der Waals surface area contributed by atoms with Crippen LogP contribution in [0.3, 0.4) is 0 Å². The van der Waals surface area contributed by atoms with Crippen molar-refractivity contribution in [3.63, 3.8) is 0 Å². The molecule has 21 heavy (non-hydrogen) atoms. The van der Waals surface area contributed by atoms with Crippen molar-refractivity contribution in [2.45, 2.75) is 39.5 Å². The topological polar surface area (TPSA) is 75.4 Å². The zero-order chi connectivity index (χ0) is 14.8. The Morgan fingerprint density at radius 2 is 2.05 bits per heavy atom. The molecule has 1 fully saturated rings. The van der Waals surface area contributed by atoms with Gasteiger partial charge in [0.15, 0.2) is 5.65 Å². The van der Waals surface area contributed by atoms with Gasteiger partial charge in [0.25, 0.3) is 5.95 Å². The van der Waals surface area contributed by atoms with Crippen LogP contribution in [-0.4, -0.2) is 38.8 Å². The molecule has 112 valence electrons. The maximum atomic E-state index is 11.6. The second-order valence-electron chi connectivity index (χ2n) is 5.39. The van der Waals surface area contributed by atoms with Crippen molar-refractivity contribution < 1.29 is 4.79 Å². The van der Waals surface area contributed by atoms with Gasteiger partial charge in [-0.3, -0.25) is 10.1 Å². The SMILES string of the molecule is CCC(=O)Nc1nnc2c(C)cc(N3CCCCC3)nn12. The Kier molecular flexibility index (Phi) is 3.72. The van der Waals surface area contributed by atoms with Gasteiger partial charge in [-0.05, 0) is 37.8 Å². The van der Waals surface area contributed by atoms with Gasteiger partial charge < -0.3 is 4.90 Å². The lowest BCUT2D eigenvalue weighted by molar-refractivity contribution is -0.115. The molecule has 7 nitrogen and oxygen atoms in total. The summed E-state index contributed by atoms with van der Waals surface area (Å²) in [5, 5.41) is 15.5. The van der Waals surface area contributed by atoms with E-state index in [2.05, 4.69) is 25.5 Å². The number of aromatic nitrogens is 4. The molecule has 3 heterocycles. The molecule has 1 N–H and O–H groups in total. The summed E-state index contributed by atoms with van der Waals surface area (Å²) in [6, 6.07) is 2.04. The fourth-order valence-electron chi connectivity index (χ4n) is 2.58. The molecular weight excluding hydrogens is 268 g/mol. The quantitative estimate of drug-likeness (QED) is 0.931. The second-order valence-corrected chi connectivity index (χ2v) is 5.39. The van der Waals surface area contributed by atoms with Gasteiger partial charge in [-0.1, -0.05) is 6.92 Å². The van der Waals surface area contributed by atoms with E-state index in [1.165, 1.54) is 19.3 Å². The molecule has 1 saturated heterocycles. The smallest absolute Gasteiger partial charge is 0.252 e. The van der Waals surface area contributed by atoms with Crippen molar-refractivity contribution in [3.8, 4) is 0 Å². The molecule has 0 spiro atoms. The molecule has 0 radical (unpaired) electrons. The van der Waals surface area contributed by atoms with Gasteiger partial charge in [0.05, 0.1) is 0 Å². The fourth-order valence-corrected chi connectivity index (χ4v) is 2.58. The highest BCUT2D eigenvalue weighted by Gasteiger charge is 2.17. The fraction of sp³-hybridized carbons (Fsp3) is 0.571. The number of anilines is 2. The van der Waals surface area contributed by atoms with Crippen LogP contribution in [0.25, 0.3) is 5.65 Å². The molecule has 2 aromatic rings. The molecule has 0 aromatic carbocycles. The number of hydrogen-bond acceptors (Lipinski definition) is 5. The maximum absolute atomic E-state index is 11.6. The Hall–Kier alpha value is -2.18. The lowest BCUT2D eigenvalue weighted by atomic mass is 10.1. The van der Waals surface area contributed by atoms with Crippen LogP contribution in [0.15, 0.2) is 6.07 Å². The molecule has 1 amide bonds. The summed E-state index contributed by atoms with van der Waals surface area (Å²) in [5.41, 5.74) is 1.69. The van der Waals surface area contributed by atoms with Gasteiger partial charge in [-0.2, -0.15) is 4.52 Å². The van der Waals surface area contributed by atoms with E-state index < -0.39 is 0 Å². The van der Waals surface area contributed by atoms with Gasteiger partial charge in [0, 0.05) is 19.5 Å². The minimum atomic E-state index is -0.0906. The molecule has 0 aliphatic carbocycles. The molecule has 7 heteroatoms.